The van der Waals surface area contributed by atoms with Crippen molar-refractivity contribution in [3.8, 4) is 0 Å². The molecule has 0 aliphatic heterocycles. The van der Waals surface area contributed by atoms with Crippen LogP contribution in [-0.4, -0.2) is 11.9 Å². The van der Waals surface area contributed by atoms with Crippen molar-refractivity contribution >= 4 is 5.91 Å². The summed E-state index contributed by atoms with van der Waals surface area (Å²) in [7, 11) is 0. The summed E-state index contributed by atoms with van der Waals surface area (Å²) in [5.74, 6) is -0.345. The van der Waals surface area contributed by atoms with Gasteiger partial charge in [-0.3, -0.25) is 4.79 Å². The Labute approximate surface area is 103 Å². The molecule has 1 aromatic rings. The maximum atomic E-state index is 12.4. The third-order valence-electron chi connectivity index (χ3n) is 2.51. The highest BCUT2D eigenvalue weighted by atomic mass is 19.4. The fourth-order valence-corrected chi connectivity index (χ4v) is 1.39. The Morgan fingerprint density at radius 2 is 1.72 bits per heavy atom. The van der Waals surface area contributed by atoms with Gasteiger partial charge in [-0.15, -0.1) is 0 Å². The first-order valence-corrected chi connectivity index (χ1v) is 5.45. The largest absolute Gasteiger partial charge is 0.416 e. The zero-order valence-electron chi connectivity index (χ0n) is 10.1. The molecule has 0 aliphatic carbocycles. The average molecular weight is 260 g/mol. The maximum absolute atomic E-state index is 12.4. The minimum atomic E-state index is -4.35. The molecular formula is C12H15F3N2O. The molecule has 1 amide bonds. The summed E-state index contributed by atoms with van der Waals surface area (Å²) in [6.45, 7) is 3.22. The van der Waals surface area contributed by atoms with Crippen LogP contribution < -0.4 is 11.1 Å². The second-order valence-electron chi connectivity index (χ2n) is 4.14. The van der Waals surface area contributed by atoms with Gasteiger partial charge in [0, 0.05) is 0 Å². The molecule has 3 nitrogen and oxygen atoms in total. The highest BCUT2D eigenvalue weighted by molar-refractivity contribution is 5.81. The van der Waals surface area contributed by atoms with Crippen LogP contribution in [0, 0.1) is 0 Å². The van der Waals surface area contributed by atoms with E-state index in [0.717, 1.165) is 12.1 Å². The number of rotatable bonds is 3. The molecule has 18 heavy (non-hydrogen) atoms. The summed E-state index contributed by atoms with van der Waals surface area (Å²) in [4.78, 5) is 11.3. The van der Waals surface area contributed by atoms with Crippen LogP contribution >= 0.6 is 0 Å². The van der Waals surface area contributed by atoms with Gasteiger partial charge in [-0.05, 0) is 31.5 Å². The Hall–Kier alpha value is -1.56. The van der Waals surface area contributed by atoms with Crippen LogP contribution in [-0.2, 0) is 11.0 Å². The first kappa shape index (κ1) is 14.5. The number of carbonyl (C=O) groups is 1. The van der Waals surface area contributed by atoms with Crippen molar-refractivity contribution in [2.24, 2.45) is 5.73 Å². The smallest absolute Gasteiger partial charge is 0.348 e. The summed E-state index contributed by atoms with van der Waals surface area (Å²) < 4.78 is 37.1. The van der Waals surface area contributed by atoms with Crippen LogP contribution in [0.5, 0.6) is 0 Å². The Bertz CT molecular complexity index is 412. The van der Waals surface area contributed by atoms with Crippen LogP contribution in [0.3, 0.4) is 0 Å². The van der Waals surface area contributed by atoms with Crippen LogP contribution in [0.2, 0.25) is 0 Å². The van der Waals surface area contributed by atoms with Gasteiger partial charge >= 0.3 is 6.18 Å². The fourth-order valence-electron chi connectivity index (χ4n) is 1.39. The van der Waals surface area contributed by atoms with Crippen molar-refractivity contribution in [3.05, 3.63) is 35.4 Å². The number of benzene rings is 1. The molecule has 1 rings (SSSR count). The quantitative estimate of drug-likeness (QED) is 0.875. The van der Waals surface area contributed by atoms with Gasteiger partial charge in [0.15, 0.2) is 0 Å². The summed E-state index contributed by atoms with van der Waals surface area (Å²) in [6, 6.07) is 3.63. The first-order valence-electron chi connectivity index (χ1n) is 5.45. The summed E-state index contributed by atoms with van der Waals surface area (Å²) >= 11 is 0. The second kappa shape index (κ2) is 5.39. The normalized spacial score (nSPS) is 15.0. The molecule has 0 fully saturated rings. The molecule has 0 saturated carbocycles. The lowest BCUT2D eigenvalue weighted by Gasteiger charge is -2.16. The molecule has 6 heteroatoms. The third kappa shape index (κ3) is 3.73. The molecule has 2 atom stereocenters. The Balaban J connectivity index is 2.76. The third-order valence-corrected chi connectivity index (χ3v) is 2.51. The van der Waals surface area contributed by atoms with E-state index in [1.807, 2.05) is 0 Å². The van der Waals surface area contributed by atoms with E-state index in [1.54, 1.807) is 6.92 Å². The van der Waals surface area contributed by atoms with Gasteiger partial charge in [-0.25, -0.2) is 0 Å². The van der Waals surface area contributed by atoms with Gasteiger partial charge in [0.1, 0.15) is 0 Å². The van der Waals surface area contributed by atoms with Crippen molar-refractivity contribution in [2.45, 2.75) is 32.1 Å². The predicted molar refractivity (Wildman–Crippen MR) is 61.7 cm³/mol. The predicted octanol–water partition coefficient (Wildman–Crippen LogP) is 2.23. The number of hydrogen-bond donors (Lipinski definition) is 2. The van der Waals surface area contributed by atoms with Crippen LogP contribution in [0.4, 0.5) is 13.2 Å². The molecule has 3 N–H and O–H groups in total. The van der Waals surface area contributed by atoms with E-state index >= 15 is 0 Å². The van der Waals surface area contributed by atoms with Crippen molar-refractivity contribution in [3.63, 3.8) is 0 Å². The summed E-state index contributed by atoms with van der Waals surface area (Å²) in [5, 5.41) is 2.61. The SMILES string of the molecule is CC(NC(=O)[C@H](C)N)c1ccc(C(F)(F)F)cc1. The molecule has 1 unspecified atom stereocenters. The van der Waals surface area contributed by atoms with Gasteiger partial charge in [0.25, 0.3) is 0 Å². The second-order valence-corrected chi connectivity index (χ2v) is 4.14. The minimum absolute atomic E-state index is 0.345. The Kier molecular flexibility index (Phi) is 4.34. The number of hydrogen-bond acceptors (Lipinski definition) is 2. The van der Waals surface area contributed by atoms with Gasteiger partial charge in [0.2, 0.25) is 5.91 Å². The summed E-state index contributed by atoms with van der Waals surface area (Å²) in [6.07, 6.45) is -4.35. The monoisotopic (exact) mass is 260 g/mol. The molecular weight excluding hydrogens is 245 g/mol. The van der Waals surface area contributed by atoms with E-state index in [4.69, 9.17) is 5.73 Å². The lowest BCUT2D eigenvalue weighted by molar-refractivity contribution is -0.137. The molecule has 0 aliphatic rings. The van der Waals surface area contributed by atoms with Gasteiger partial charge < -0.3 is 11.1 Å². The van der Waals surface area contributed by atoms with Gasteiger partial charge in [-0.1, -0.05) is 12.1 Å². The van der Waals surface area contributed by atoms with Crippen LogP contribution in [0.1, 0.15) is 31.0 Å². The number of nitrogens with one attached hydrogen (secondary N) is 1. The summed E-state index contributed by atoms with van der Waals surface area (Å²) in [5.41, 5.74) is 5.27. The standard InChI is InChI=1S/C12H15F3N2O/c1-7(16)11(18)17-8(2)9-3-5-10(6-4-9)12(13,14)15/h3-8H,16H2,1-2H3,(H,17,18)/t7-,8?/m0/s1. The highest BCUT2D eigenvalue weighted by Crippen LogP contribution is 2.29. The van der Waals surface area contributed by atoms with E-state index < -0.39 is 17.8 Å². The molecule has 0 saturated heterocycles. The van der Waals surface area contributed by atoms with E-state index in [1.165, 1.54) is 19.1 Å². The van der Waals surface area contributed by atoms with Crippen molar-refractivity contribution in [1.29, 1.82) is 0 Å². The molecule has 1 aromatic carbocycles. The van der Waals surface area contributed by atoms with E-state index in [2.05, 4.69) is 5.32 Å². The maximum Gasteiger partial charge on any atom is 0.416 e. The Morgan fingerprint density at radius 1 is 1.22 bits per heavy atom. The minimum Gasteiger partial charge on any atom is -0.348 e. The first-order chi connectivity index (χ1) is 8.21. The zero-order valence-corrected chi connectivity index (χ0v) is 10.1. The molecule has 0 heterocycles. The van der Waals surface area contributed by atoms with Crippen LogP contribution in [0.25, 0.3) is 0 Å². The molecule has 0 spiro atoms. The number of carbonyl (C=O) groups excluding carboxylic acids is 1. The number of alkyl halides is 3. The number of amides is 1. The van der Waals surface area contributed by atoms with E-state index in [-0.39, 0.29) is 11.9 Å². The molecule has 0 aromatic heterocycles. The fraction of sp³-hybridized carbons (Fsp3) is 0.417. The van der Waals surface area contributed by atoms with Crippen molar-refractivity contribution < 1.29 is 18.0 Å². The van der Waals surface area contributed by atoms with Crippen molar-refractivity contribution in [2.75, 3.05) is 0 Å². The molecule has 100 valence electrons. The van der Waals surface area contributed by atoms with Crippen LogP contribution in [0.15, 0.2) is 24.3 Å². The average Bonchev–Trinajstić information content (AvgIpc) is 2.27. The number of nitrogens with two attached hydrogens (primary N) is 1. The zero-order chi connectivity index (χ0) is 13.9. The topological polar surface area (TPSA) is 55.1 Å². The Morgan fingerprint density at radius 3 is 2.11 bits per heavy atom. The van der Waals surface area contributed by atoms with Crippen molar-refractivity contribution in [1.82, 2.24) is 5.32 Å². The highest BCUT2D eigenvalue weighted by Gasteiger charge is 2.30. The van der Waals surface area contributed by atoms with E-state index in [9.17, 15) is 18.0 Å². The molecule has 0 bridgehead atoms. The molecule has 0 radical (unpaired) electrons. The lowest BCUT2D eigenvalue weighted by atomic mass is 10.1. The number of halogens is 3. The lowest BCUT2D eigenvalue weighted by Crippen LogP contribution is -2.39. The van der Waals surface area contributed by atoms with Gasteiger partial charge in [-0.2, -0.15) is 13.2 Å². The van der Waals surface area contributed by atoms with Gasteiger partial charge in [0.05, 0.1) is 17.6 Å². The van der Waals surface area contributed by atoms with E-state index in [0.29, 0.717) is 5.56 Å².